The second-order valence-corrected chi connectivity index (χ2v) is 4.52. The van der Waals surface area contributed by atoms with Crippen LogP contribution in [0.15, 0.2) is 70.5 Å². The third-order valence-electron chi connectivity index (χ3n) is 3.05. The summed E-state index contributed by atoms with van der Waals surface area (Å²) in [6, 6.07) is 13.7. The van der Waals surface area contributed by atoms with Crippen molar-refractivity contribution >= 4 is 17.6 Å². The second kappa shape index (κ2) is 6.01. The highest BCUT2D eigenvalue weighted by atomic mass is 16.6. The molecule has 0 bridgehead atoms. The Labute approximate surface area is 125 Å². The molecule has 0 aliphatic rings. The van der Waals surface area contributed by atoms with Crippen molar-refractivity contribution in [3.05, 3.63) is 76.8 Å². The van der Waals surface area contributed by atoms with Gasteiger partial charge in [-0.2, -0.15) is 0 Å². The summed E-state index contributed by atoms with van der Waals surface area (Å²) in [7, 11) is 0. The van der Waals surface area contributed by atoms with Gasteiger partial charge in [-0.25, -0.2) is 4.98 Å². The van der Waals surface area contributed by atoms with E-state index >= 15 is 0 Å². The lowest BCUT2D eigenvalue weighted by Gasteiger charge is -1.97. The molecule has 1 aromatic heterocycles. The van der Waals surface area contributed by atoms with E-state index in [-0.39, 0.29) is 5.69 Å². The maximum Gasteiger partial charge on any atom is 0.269 e. The van der Waals surface area contributed by atoms with Gasteiger partial charge in [0.05, 0.1) is 16.8 Å². The minimum absolute atomic E-state index is 0.0635. The number of aromatic nitrogens is 1. The maximum absolute atomic E-state index is 10.6. The molecule has 3 rings (SSSR count). The van der Waals surface area contributed by atoms with E-state index in [1.54, 1.807) is 24.5 Å². The zero-order valence-corrected chi connectivity index (χ0v) is 11.4. The van der Waals surface area contributed by atoms with Gasteiger partial charge in [-0.3, -0.25) is 15.1 Å². The van der Waals surface area contributed by atoms with Crippen molar-refractivity contribution in [2.45, 2.75) is 0 Å². The Hall–Kier alpha value is -3.28. The molecule has 2 aromatic carbocycles. The van der Waals surface area contributed by atoms with Crippen molar-refractivity contribution in [2.75, 3.05) is 0 Å². The molecule has 22 heavy (non-hydrogen) atoms. The van der Waals surface area contributed by atoms with Crippen LogP contribution < -0.4 is 0 Å². The Kier molecular flexibility index (Phi) is 3.74. The van der Waals surface area contributed by atoms with Crippen molar-refractivity contribution in [3.63, 3.8) is 0 Å². The molecule has 0 saturated carbocycles. The molecule has 108 valence electrons. The summed E-state index contributed by atoms with van der Waals surface area (Å²) in [4.78, 5) is 18.4. The van der Waals surface area contributed by atoms with Crippen LogP contribution in [0.1, 0.15) is 5.56 Å². The number of nitrogens with zero attached hydrogens (tertiary/aromatic N) is 3. The van der Waals surface area contributed by atoms with Gasteiger partial charge >= 0.3 is 0 Å². The average Bonchev–Trinajstić information content (AvgIpc) is 3.08. The fourth-order valence-electron chi connectivity index (χ4n) is 1.90. The third kappa shape index (κ3) is 3.06. The molecule has 0 fully saturated rings. The number of hydrogen-bond acceptors (Lipinski definition) is 5. The quantitative estimate of drug-likeness (QED) is 0.413. The molecule has 0 radical (unpaired) electrons. The average molecular weight is 293 g/mol. The molecule has 1 heterocycles. The first-order valence-electron chi connectivity index (χ1n) is 6.50. The lowest BCUT2D eigenvalue weighted by molar-refractivity contribution is -0.384. The minimum Gasteiger partial charge on any atom is -0.444 e. The van der Waals surface area contributed by atoms with Crippen molar-refractivity contribution in [2.24, 2.45) is 4.99 Å². The van der Waals surface area contributed by atoms with Crippen LogP contribution in [0.2, 0.25) is 0 Å². The van der Waals surface area contributed by atoms with Crippen molar-refractivity contribution in [3.8, 4) is 11.3 Å². The minimum atomic E-state index is -0.427. The molecule has 0 N–H and O–H groups in total. The summed E-state index contributed by atoms with van der Waals surface area (Å²) in [6.45, 7) is 0. The summed E-state index contributed by atoms with van der Waals surface area (Å²) >= 11 is 0. The standard InChI is InChI=1S/C16H11N3O3/c20-19(21)15-7-1-12(2-8-15)9-18-14-5-3-13(4-6-14)16-10-17-11-22-16/h1-11H. The molecule has 0 atom stereocenters. The topological polar surface area (TPSA) is 81.5 Å². The normalized spacial score (nSPS) is 10.9. The van der Waals surface area contributed by atoms with E-state index in [0.29, 0.717) is 5.76 Å². The SMILES string of the molecule is O=[N+]([O-])c1ccc(C=Nc2ccc(-c3cnco3)cc2)cc1. The van der Waals surface area contributed by atoms with Gasteiger partial charge in [-0.15, -0.1) is 0 Å². The number of hydrogen-bond donors (Lipinski definition) is 0. The highest BCUT2D eigenvalue weighted by Crippen LogP contribution is 2.22. The zero-order chi connectivity index (χ0) is 15.4. The molecule has 0 aliphatic carbocycles. The molecule has 6 nitrogen and oxygen atoms in total. The van der Waals surface area contributed by atoms with Crippen LogP contribution >= 0.6 is 0 Å². The molecular formula is C16H11N3O3. The van der Waals surface area contributed by atoms with Crippen molar-refractivity contribution < 1.29 is 9.34 Å². The van der Waals surface area contributed by atoms with Gasteiger partial charge in [0.25, 0.3) is 5.69 Å². The fraction of sp³-hybridized carbons (Fsp3) is 0. The van der Waals surface area contributed by atoms with E-state index in [9.17, 15) is 10.1 Å². The van der Waals surface area contributed by atoms with Crippen LogP contribution in [0.5, 0.6) is 0 Å². The number of nitro benzene ring substituents is 1. The number of benzene rings is 2. The molecule has 0 aliphatic heterocycles. The molecule has 0 saturated heterocycles. The first-order chi connectivity index (χ1) is 10.7. The fourth-order valence-corrected chi connectivity index (χ4v) is 1.90. The van der Waals surface area contributed by atoms with Crippen LogP contribution in [0.3, 0.4) is 0 Å². The van der Waals surface area contributed by atoms with Crippen LogP contribution in [0.4, 0.5) is 11.4 Å². The molecule has 0 unspecified atom stereocenters. The van der Waals surface area contributed by atoms with Gasteiger partial charge in [0, 0.05) is 23.9 Å². The number of rotatable bonds is 4. The summed E-state index contributed by atoms with van der Waals surface area (Å²) in [5, 5.41) is 10.6. The lowest BCUT2D eigenvalue weighted by Crippen LogP contribution is -1.88. The second-order valence-electron chi connectivity index (χ2n) is 4.52. The van der Waals surface area contributed by atoms with Crippen LogP contribution in [0, 0.1) is 10.1 Å². The first kappa shape index (κ1) is 13.7. The Morgan fingerprint density at radius 1 is 1.09 bits per heavy atom. The number of nitro groups is 1. The molecule has 3 aromatic rings. The van der Waals surface area contributed by atoms with E-state index in [4.69, 9.17) is 4.42 Å². The Morgan fingerprint density at radius 3 is 2.41 bits per heavy atom. The van der Waals surface area contributed by atoms with Crippen LogP contribution in [0.25, 0.3) is 11.3 Å². The predicted molar refractivity (Wildman–Crippen MR) is 82.3 cm³/mol. The van der Waals surface area contributed by atoms with Crippen LogP contribution in [-0.2, 0) is 0 Å². The summed E-state index contributed by atoms with van der Waals surface area (Å²) < 4.78 is 5.21. The van der Waals surface area contributed by atoms with E-state index in [1.165, 1.54) is 18.5 Å². The van der Waals surface area contributed by atoms with Gasteiger partial charge < -0.3 is 4.42 Å². The van der Waals surface area contributed by atoms with Crippen molar-refractivity contribution in [1.29, 1.82) is 0 Å². The molecule has 0 amide bonds. The Bertz CT molecular complexity index is 792. The molecule has 6 heteroatoms. The first-order valence-corrected chi connectivity index (χ1v) is 6.50. The lowest BCUT2D eigenvalue weighted by atomic mass is 10.1. The Morgan fingerprint density at radius 2 is 1.82 bits per heavy atom. The van der Waals surface area contributed by atoms with E-state index in [0.717, 1.165) is 16.8 Å². The molecule has 0 spiro atoms. The van der Waals surface area contributed by atoms with Gasteiger partial charge in [-0.05, 0) is 42.0 Å². The molecular weight excluding hydrogens is 282 g/mol. The smallest absolute Gasteiger partial charge is 0.269 e. The maximum atomic E-state index is 10.6. The van der Waals surface area contributed by atoms with Gasteiger partial charge in [-0.1, -0.05) is 0 Å². The zero-order valence-electron chi connectivity index (χ0n) is 11.4. The van der Waals surface area contributed by atoms with Gasteiger partial charge in [0.15, 0.2) is 12.2 Å². The van der Waals surface area contributed by atoms with E-state index in [1.807, 2.05) is 24.3 Å². The summed E-state index contributed by atoms with van der Waals surface area (Å²) in [5.41, 5.74) is 2.56. The predicted octanol–water partition coefficient (Wildman–Crippen LogP) is 4.00. The van der Waals surface area contributed by atoms with Crippen LogP contribution in [-0.4, -0.2) is 16.1 Å². The largest absolute Gasteiger partial charge is 0.444 e. The number of non-ortho nitro benzene ring substituents is 1. The summed E-state index contributed by atoms with van der Waals surface area (Å²) in [6.07, 6.45) is 4.69. The summed E-state index contributed by atoms with van der Waals surface area (Å²) in [5.74, 6) is 0.700. The Balaban J connectivity index is 1.73. The number of aliphatic imine (C=N–C) groups is 1. The third-order valence-corrected chi connectivity index (χ3v) is 3.05. The highest BCUT2D eigenvalue weighted by Gasteiger charge is 2.03. The van der Waals surface area contributed by atoms with E-state index in [2.05, 4.69) is 9.98 Å². The highest BCUT2D eigenvalue weighted by molar-refractivity contribution is 5.82. The van der Waals surface area contributed by atoms with Crippen molar-refractivity contribution in [1.82, 2.24) is 4.98 Å². The number of oxazole rings is 1. The monoisotopic (exact) mass is 293 g/mol. The van der Waals surface area contributed by atoms with E-state index < -0.39 is 4.92 Å². The van der Waals surface area contributed by atoms with Gasteiger partial charge in [0.2, 0.25) is 0 Å². The van der Waals surface area contributed by atoms with Gasteiger partial charge in [0.1, 0.15) is 0 Å².